The zero-order valence-electron chi connectivity index (χ0n) is 15.3. The van der Waals surface area contributed by atoms with Gasteiger partial charge in [0.25, 0.3) is 0 Å². The number of unbranched alkanes of at least 4 members (excludes halogenated alkanes) is 1. The summed E-state index contributed by atoms with van der Waals surface area (Å²) in [6.45, 7) is 13.1. The van der Waals surface area contributed by atoms with Gasteiger partial charge in [-0.2, -0.15) is 0 Å². The van der Waals surface area contributed by atoms with Gasteiger partial charge in [0.05, 0.1) is 0 Å². The van der Waals surface area contributed by atoms with Crippen LogP contribution in [0.1, 0.15) is 73.1 Å². The Kier molecular flexibility index (Phi) is 13.4. The van der Waals surface area contributed by atoms with E-state index in [2.05, 4.69) is 34.6 Å². The van der Waals surface area contributed by atoms with E-state index in [1.165, 1.54) is 0 Å². The first-order valence-electron chi connectivity index (χ1n) is 9.00. The van der Waals surface area contributed by atoms with Crippen molar-refractivity contribution < 1.29 is 35.0 Å². The van der Waals surface area contributed by atoms with Gasteiger partial charge in [0.15, 0.2) is 0 Å². The van der Waals surface area contributed by atoms with Gasteiger partial charge in [0.1, 0.15) is 0 Å². The Labute approximate surface area is 141 Å². The van der Waals surface area contributed by atoms with E-state index in [4.69, 9.17) is 14.3 Å². The summed E-state index contributed by atoms with van der Waals surface area (Å²) in [5.41, 5.74) is 0. The van der Waals surface area contributed by atoms with Crippen LogP contribution < -0.4 is 0 Å². The van der Waals surface area contributed by atoms with Crippen molar-refractivity contribution in [3.05, 3.63) is 0 Å². The van der Waals surface area contributed by atoms with Gasteiger partial charge >= 0.3 is 141 Å². The molecule has 0 aromatic carbocycles. The summed E-state index contributed by atoms with van der Waals surface area (Å²) >= 11 is -5.15. The first kappa shape index (κ1) is 22.7. The summed E-state index contributed by atoms with van der Waals surface area (Å²) in [4.78, 5) is 0. The predicted molar refractivity (Wildman–Crippen MR) is 85.8 cm³/mol. The van der Waals surface area contributed by atoms with Crippen LogP contribution in [0, 0.1) is 0 Å². The molecular formula is C16H37HfO5. The van der Waals surface area contributed by atoms with E-state index >= 15 is 0 Å². The van der Waals surface area contributed by atoms with Crippen LogP contribution in [0.15, 0.2) is 0 Å². The fraction of sp³-hybridized carbons (Fsp3) is 1.00. The molecule has 0 saturated heterocycles. The third-order valence-corrected chi connectivity index (χ3v) is 15.1. The SMILES string of the molecule is CCCC[O][Hf]([O]CCC)([O]CCC)([O]CCC)[O]CCC. The van der Waals surface area contributed by atoms with Crippen molar-refractivity contribution in [3.63, 3.8) is 0 Å². The second-order valence-corrected chi connectivity index (χ2v) is 16.6. The van der Waals surface area contributed by atoms with Gasteiger partial charge in [0.2, 0.25) is 0 Å². The van der Waals surface area contributed by atoms with Crippen molar-refractivity contribution >= 4 is 0 Å². The molecule has 22 heavy (non-hydrogen) atoms. The number of hydrogen-bond donors (Lipinski definition) is 0. The molecule has 0 amide bonds. The maximum atomic E-state index is 6.20. The molecule has 0 fully saturated rings. The first-order chi connectivity index (χ1) is 10.6. The van der Waals surface area contributed by atoms with Gasteiger partial charge in [0, 0.05) is 0 Å². The summed E-state index contributed by atoms with van der Waals surface area (Å²) in [5, 5.41) is 0. The zero-order chi connectivity index (χ0) is 16.8. The minimum atomic E-state index is -5.15. The topological polar surface area (TPSA) is 46.2 Å². The summed E-state index contributed by atoms with van der Waals surface area (Å²) in [5.74, 6) is 0. The molecule has 0 aliphatic carbocycles. The van der Waals surface area contributed by atoms with Crippen LogP contribution in [-0.4, -0.2) is 33.0 Å². The molecular weight excluding hydrogens is 451 g/mol. The van der Waals surface area contributed by atoms with Crippen molar-refractivity contribution in [2.24, 2.45) is 0 Å². The Morgan fingerprint density at radius 1 is 0.455 bits per heavy atom. The molecule has 135 valence electrons. The summed E-state index contributed by atoms with van der Waals surface area (Å²) < 4.78 is 30.8. The average molecular weight is 488 g/mol. The summed E-state index contributed by atoms with van der Waals surface area (Å²) in [6.07, 6.45) is 5.51. The quantitative estimate of drug-likeness (QED) is 0.232. The number of rotatable bonds is 16. The van der Waals surface area contributed by atoms with Crippen LogP contribution in [0.2, 0.25) is 0 Å². The van der Waals surface area contributed by atoms with Gasteiger partial charge in [-0.15, -0.1) is 0 Å². The molecule has 0 rings (SSSR count). The molecule has 0 aliphatic rings. The van der Waals surface area contributed by atoms with E-state index in [9.17, 15) is 0 Å². The molecule has 0 N–H and O–H groups in total. The van der Waals surface area contributed by atoms with Gasteiger partial charge in [-0.25, -0.2) is 0 Å². The predicted octanol–water partition coefficient (Wildman–Crippen LogP) is 4.77. The zero-order valence-corrected chi connectivity index (χ0v) is 18.9. The molecule has 0 aromatic heterocycles. The number of hydrogen-bond acceptors (Lipinski definition) is 5. The molecule has 0 radical (unpaired) electrons. The van der Waals surface area contributed by atoms with Crippen LogP contribution in [0.4, 0.5) is 0 Å². The molecule has 0 spiro atoms. The molecule has 6 heteroatoms. The average Bonchev–Trinajstić information content (AvgIpc) is 2.55. The molecule has 0 unspecified atom stereocenters. The van der Waals surface area contributed by atoms with Crippen LogP contribution in [0.5, 0.6) is 0 Å². The second kappa shape index (κ2) is 13.0. The summed E-state index contributed by atoms with van der Waals surface area (Å²) in [6, 6.07) is 0. The van der Waals surface area contributed by atoms with Crippen molar-refractivity contribution in [2.75, 3.05) is 33.0 Å². The summed E-state index contributed by atoms with van der Waals surface area (Å²) in [7, 11) is 0. The van der Waals surface area contributed by atoms with Crippen molar-refractivity contribution in [3.8, 4) is 0 Å². The Morgan fingerprint density at radius 3 is 1.05 bits per heavy atom. The van der Waals surface area contributed by atoms with E-state index in [1.54, 1.807) is 0 Å². The van der Waals surface area contributed by atoms with Crippen molar-refractivity contribution in [1.82, 2.24) is 0 Å². The van der Waals surface area contributed by atoms with Gasteiger partial charge in [-0.1, -0.05) is 0 Å². The normalized spacial score (nSPS) is 14.0. The van der Waals surface area contributed by atoms with E-state index in [1.807, 2.05) is 0 Å². The monoisotopic (exact) mass is 489 g/mol. The van der Waals surface area contributed by atoms with Crippen LogP contribution in [0.3, 0.4) is 0 Å². The Hall–Kier alpha value is 0.670. The van der Waals surface area contributed by atoms with E-state index in [0.717, 1.165) is 38.5 Å². The Bertz CT molecular complexity index is 219. The van der Waals surface area contributed by atoms with Crippen LogP contribution in [0.25, 0.3) is 0 Å². The van der Waals surface area contributed by atoms with Gasteiger partial charge in [-0.3, -0.25) is 0 Å². The molecule has 0 heterocycles. The third-order valence-electron chi connectivity index (χ3n) is 3.00. The van der Waals surface area contributed by atoms with Gasteiger partial charge in [-0.05, 0) is 0 Å². The van der Waals surface area contributed by atoms with E-state index < -0.39 is 20.7 Å². The van der Waals surface area contributed by atoms with Gasteiger partial charge < -0.3 is 0 Å². The third kappa shape index (κ3) is 7.97. The van der Waals surface area contributed by atoms with Crippen LogP contribution >= 0.6 is 0 Å². The minimum absolute atomic E-state index is 0.541. The molecule has 0 aliphatic heterocycles. The van der Waals surface area contributed by atoms with E-state index in [0.29, 0.717) is 33.0 Å². The fourth-order valence-electron chi connectivity index (χ4n) is 1.87. The van der Waals surface area contributed by atoms with E-state index in [-0.39, 0.29) is 0 Å². The van der Waals surface area contributed by atoms with Crippen molar-refractivity contribution in [1.29, 1.82) is 0 Å². The molecule has 0 saturated carbocycles. The second-order valence-electron chi connectivity index (χ2n) is 5.43. The molecule has 0 aromatic rings. The standard InChI is InChI=1S/C4H9O.4C3H7O.Hf/c1-2-3-4-5;4*1-2-3-4;/h2-4H2,1H3;4*2-3H2,1H3;/q5*-1;+5. The maximum absolute atomic E-state index is 6.20. The van der Waals surface area contributed by atoms with Crippen LogP contribution in [-0.2, 0) is 35.0 Å². The first-order valence-corrected chi connectivity index (χ1v) is 16.3. The Morgan fingerprint density at radius 2 is 0.773 bits per heavy atom. The molecule has 0 atom stereocenters. The Balaban J connectivity index is 5.34. The molecule has 5 nitrogen and oxygen atoms in total. The molecule has 0 bridgehead atoms. The van der Waals surface area contributed by atoms with Crippen molar-refractivity contribution in [2.45, 2.75) is 73.1 Å². The fourth-order valence-corrected chi connectivity index (χ4v) is 14.3.